The van der Waals surface area contributed by atoms with E-state index in [4.69, 9.17) is 10.5 Å². The smallest absolute Gasteiger partial charge is 0.115 e. The maximum atomic E-state index is 8.99. The number of hydrogen-bond donors (Lipinski definition) is 2. The zero-order valence-electron chi connectivity index (χ0n) is 7.17. The van der Waals surface area contributed by atoms with E-state index in [0.717, 1.165) is 12.8 Å². The molecule has 1 aromatic carbocycles. The van der Waals surface area contributed by atoms with E-state index in [0.29, 0.717) is 11.5 Å². The highest BCUT2D eigenvalue weighted by Crippen LogP contribution is 2.10. The number of phenolic OH excluding ortho intramolecular Hbond substituents is 1. The molecular weight excluding hydrogens is 150 g/mol. The van der Waals surface area contributed by atoms with Crippen LogP contribution in [0.2, 0.25) is 0 Å². The van der Waals surface area contributed by atoms with Gasteiger partial charge in [0.1, 0.15) is 5.75 Å². The van der Waals surface area contributed by atoms with Crippen LogP contribution in [0.5, 0.6) is 5.75 Å². The third-order valence-electron chi connectivity index (χ3n) is 1.73. The molecule has 2 N–H and O–H groups in total. The largest absolute Gasteiger partial charge is 0.508 e. The van der Waals surface area contributed by atoms with Crippen LogP contribution in [-0.2, 0) is 6.42 Å². The van der Waals surface area contributed by atoms with Crippen LogP contribution in [0.1, 0.15) is 18.9 Å². The zero-order valence-corrected chi connectivity index (χ0v) is 7.17. The van der Waals surface area contributed by atoms with Gasteiger partial charge in [-0.25, -0.2) is 0 Å². The first-order valence-corrected chi connectivity index (χ1v) is 4.00. The molecule has 0 aromatic heterocycles. The summed E-state index contributed by atoms with van der Waals surface area (Å²) in [5, 5.41) is 16.2. The Kier molecular flexibility index (Phi) is 2.86. The normalized spacial score (nSPS) is 9.75. The molecule has 0 bridgehead atoms. The molecule has 0 fully saturated rings. The number of aryl methyl sites for hydroxylation is 1. The Bertz CT molecular complexity index is 264. The van der Waals surface area contributed by atoms with Gasteiger partial charge in [-0.15, -0.1) is 0 Å². The molecular formula is C10H13NO. The minimum absolute atomic E-state index is 0.297. The molecule has 0 radical (unpaired) electrons. The average Bonchev–Trinajstić information content (AvgIpc) is 2.03. The third-order valence-corrected chi connectivity index (χ3v) is 1.73. The van der Waals surface area contributed by atoms with Gasteiger partial charge in [0, 0.05) is 5.71 Å². The predicted molar refractivity (Wildman–Crippen MR) is 49.8 cm³/mol. The number of hydrogen-bond acceptors (Lipinski definition) is 2. The van der Waals surface area contributed by atoms with Crippen LogP contribution in [0.25, 0.3) is 0 Å². The first-order chi connectivity index (χ1) is 5.68. The number of benzene rings is 1. The van der Waals surface area contributed by atoms with Crippen molar-refractivity contribution in [2.45, 2.75) is 19.8 Å². The Morgan fingerprint density at radius 1 is 1.33 bits per heavy atom. The minimum Gasteiger partial charge on any atom is -0.508 e. The van der Waals surface area contributed by atoms with Crippen molar-refractivity contribution in [3.8, 4) is 5.75 Å². The average molecular weight is 163 g/mol. The summed E-state index contributed by atoms with van der Waals surface area (Å²) in [5.74, 6) is 0.297. The molecule has 0 atom stereocenters. The van der Waals surface area contributed by atoms with E-state index in [1.165, 1.54) is 5.56 Å². The number of aromatic hydroxyl groups is 1. The topological polar surface area (TPSA) is 44.1 Å². The van der Waals surface area contributed by atoms with Gasteiger partial charge in [-0.2, -0.15) is 0 Å². The van der Waals surface area contributed by atoms with Gasteiger partial charge in [0.2, 0.25) is 0 Å². The number of rotatable bonds is 3. The lowest BCUT2D eigenvalue weighted by atomic mass is 10.1. The lowest BCUT2D eigenvalue weighted by Gasteiger charge is -1.99. The van der Waals surface area contributed by atoms with Crippen molar-refractivity contribution in [1.82, 2.24) is 0 Å². The number of phenols is 1. The van der Waals surface area contributed by atoms with E-state index in [1.54, 1.807) is 19.1 Å². The van der Waals surface area contributed by atoms with E-state index >= 15 is 0 Å². The van der Waals surface area contributed by atoms with Gasteiger partial charge in [-0.3, -0.25) is 0 Å². The summed E-state index contributed by atoms with van der Waals surface area (Å²) in [5.41, 5.74) is 1.86. The fourth-order valence-corrected chi connectivity index (χ4v) is 0.994. The zero-order chi connectivity index (χ0) is 8.97. The Labute approximate surface area is 72.4 Å². The van der Waals surface area contributed by atoms with E-state index in [-0.39, 0.29) is 0 Å². The maximum Gasteiger partial charge on any atom is 0.115 e. The molecule has 0 unspecified atom stereocenters. The Morgan fingerprint density at radius 3 is 2.42 bits per heavy atom. The molecule has 2 heteroatoms. The van der Waals surface area contributed by atoms with Gasteiger partial charge in [-0.1, -0.05) is 12.1 Å². The van der Waals surface area contributed by atoms with Crippen LogP contribution in [0.4, 0.5) is 0 Å². The highest BCUT2D eigenvalue weighted by atomic mass is 16.3. The Balaban J connectivity index is 2.53. The van der Waals surface area contributed by atoms with Crippen molar-refractivity contribution in [2.24, 2.45) is 0 Å². The van der Waals surface area contributed by atoms with Gasteiger partial charge < -0.3 is 10.5 Å². The molecule has 0 amide bonds. The number of nitrogens with one attached hydrogen (secondary N) is 1. The van der Waals surface area contributed by atoms with Crippen molar-refractivity contribution in [3.63, 3.8) is 0 Å². The fraction of sp³-hybridized carbons (Fsp3) is 0.300. The molecule has 12 heavy (non-hydrogen) atoms. The summed E-state index contributed by atoms with van der Waals surface area (Å²) in [4.78, 5) is 0. The molecule has 0 saturated heterocycles. The standard InChI is InChI=1S/C10H13NO/c1-8(11)2-3-9-4-6-10(12)7-5-9/h4-7,11-12H,2-3H2,1H3. The molecule has 2 nitrogen and oxygen atoms in total. The van der Waals surface area contributed by atoms with Gasteiger partial charge in [0.15, 0.2) is 0 Å². The lowest BCUT2D eigenvalue weighted by Crippen LogP contribution is -1.92. The van der Waals surface area contributed by atoms with E-state index < -0.39 is 0 Å². The minimum atomic E-state index is 0.297. The molecule has 0 spiro atoms. The van der Waals surface area contributed by atoms with Crippen molar-refractivity contribution < 1.29 is 5.11 Å². The van der Waals surface area contributed by atoms with Gasteiger partial charge in [0.25, 0.3) is 0 Å². The molecule has 0 aliphatic heterocycles. The third kappa shape index (κ3) is 2.74. The molecule has 64 valence electrons. The fourth-order valence-electron chi connectivity index (χ4n) is 0.994. The van der Waals surface area contributed by atoms with Gasteiger partial charge >= 0.3 is 0 Å². The summed E-state index contributed by atoms with van der Waals surface area (Å²) in [7, 11) is 0. The highest BCUT2D eigenvalue weighted by Gasteiger charge is 1.94. The van der Waals surface area contributed by atoms with Crippen molar-refractivity contribution in [1.29, 1.82) is 5.41 Å². The highest BCUT2D eigenvalue weighted by molar-refractivity contribution is 5.78. The molecule has 0 aliphatic rings. The van der Waals surface area contributed by atoms with Gasteiger partial charge in [0.05, 0.1) is 0 Å². The van der Waals surface area contributed by atoms with Crippen molar-refractivity contribution >= 4 is 5.71 Å². The summed E-state index contributed by atoms with van der Waals surface area (Å²) >= 11 is 0. The molecule has 0 saturated carbocycles. The molecule has 0 heterocycles. The quantitative estimate of drug-likeness (QED) is 0.660. The van der Waals surface area contributed by atoms with Crippen LogP contribution >= 0.6 is 0 Å². The molecule has 1 aromatic rings. The summed E-state index contributed by atoms with van der Waals surface area (Å²) < 4.78 is 0. The summed E-state index contributed by atoms with van der Waals surface area (Å²) in [6, 6.07) is 7.12. The Morgan fingerprint density at radius 2 is 1.92 bits per heavy atom. The van der Waals surface area contributed by atoms with E-state index in [2.05, 4.69) is 0 Å². The van der Waals surface area contributed by atoms with Crippen molar-refractivity contribution in [2.75, 3.05) is 0 Å². The Hall–Kier alpha value is -1.31. The molecule has 0 aliphatic carbocycles. The van der Waals surface area contributed by atoms with Crippen LogP contribution in [-0.4, -0.2) is 10.8 Å². The first kappa shape index (κ1) is 8.78. The first-order valence-electron chi connectivity index (χ1n) is 4.00. The van der Waals surface area contributed by atoms with Crippen LogP contribution in [0.15, 0.2) is 24.3 Å². The van der Waals surface area contributed by atoms with Gasteiger partial charge in [-0.05, 0) is 37.5 Å². The van der Waals surface area contributed by atoms with E-state index in [1.807, 2.05) is 12.1 Å². The monoisotopic (exact) mass is 163 g/mol. The van der Waals surface area contributed by atoms with Crippen LogP contribution in [0, 0.1) is 5.41 Å². The maximum absolute atomic E-state index is 8.99. The van der Waals surface area contributed by atoms with Crippen LogP contribution in [0.3, 0.4) is 0 Å². The molecule has 1 rings (SSSR count). The summed E-state index contributed by atoms with van der Waals surface area (Å²) in [6.07, 6.45) is 1.68. The second kappa shape index (κ2) is 3.90. The second-order valence-electron chi connectivity index (χ2n) is 2.95. The van der Waals surface area contributed by atoms with Crippen LogP contribution < -0.4 is 0 Å². The second-order valence-corrected chi connectivity index (χ2v) is 2.95. The SMILES string of the molecule is CC(=N)CCc1ccc(O)cc1. The van der Waals surface area contributed by atoms with Crippen molar-refractivity contribution in [3.05, 3.63) is 29.8 Å². The lowest BCUT2D eigenvalue weighted by molar-refractivity contribution is 0.475. The predicted octanol–water partition coefficient (Wildman–Crippen LogP) is 2.36. The summed E-state index contributed by atoms with van der Waals surface area (Å²) in [6.45, 7) is 1.81. The van der Waals surface area contributed by atoms with E-state index in [9.17, 15) is 0 Å².